The number of nitrogens with zero attached hydrogens (tertiary/aromatic N) is 1. The molecule has 0 aromatic heterocycles. The Hall–Kier alpha value is -0.960. The predicted molar refractivity (Wildman–Crippen MR) is 74.8 cm³/mol. The first kappa shape index (κ1) is 14.1. The number of amides is 1. The molecule has 0 aliphatic heterocycles. The molecule has 3 heteroatoms. The number of hydrogen-bond donors (Lipinski definition) is 1. The zero-order chi connectivity index (χ0) is 13.2. The van der Waals surface area contributed by atoms with E-state index < -0.39 is 0 Å². The minimum atomic E-state index is 0.0633. The van der Waals surface area contributed by atoms with Crippen LogP contribution in [0.25, 0.3) is 0 Å². The molecule has 0 radical (unpaired) electrons. The highest BCUT2D eigenvalue weighted by molar-refractivity contribution is 7.80. The second kappa shape index (κ2) is 5.13. The standard InChI is InChI=1S/C14H21NOS/c1-10-6-7-11(17)8-12(10)13(16)15(5)9-14(2,3)4/h6-8,17H,9H2,1-5H3. The first-order valence-electron chi connectivity index (χ1n) is 5.76. The summed E-state index contributed by atoms with van der Waals surface area (Å²) >= 11 is 4.28. The zero-order valence-corrected chi connectivity index (χ0v) is 12.1. The fourth-order valence-electron chi connectivity index (χ4n) is 1.83. The van der Waals surface area contributed by atoms with Crippen LogP contribution in [0, 0.1) is 12.3 Å². The maximum absolute atomic E-state index is 12.3. The highest BCUT2D eigenvalue weighted by Crippen LogP contribution is 2.19. The number of rotatable bonds is 2. The summed E-state index contributed by atoms with van der Waals surface area (Å²) in [6.07, 6.45) is 0. The molecular formula is C14H21NOS. The Labute approximate surface area is 109 Å². The lowest BCUT2D eigenvalue weighted by atomic mass is 9.96. The molecule has 2 nitrogen and oxygen atoms in total. The van der Waals surface area contributed by atoms with E-state index in [1.54, 1.807) is 4.90 Å². The average Bonchev–Trinajstić information content (AvgIpc) is 2.18. The van der Waals surface area contributed by atoms with Gasteiger partial charge in [-0.3, -0.25) is 4.79 Å². The SMILES string of the molecule is Cc1ccc(S)cc1C(=O)N(C)CC(C)(C)C. The first-order chi connectivity index (χ1) is 7.70. The van der Waals surface area contributed by atoms with Crippen LogP contribution in [0.4, 0.5) is 0 Å². The van der Waals surface area contributed by atoms with Crippen molar-refractivity contribution in [1.29, 1.82) is 0 Å². The molecular weight excluding hydrogens is 230 g/mol. The van der Waals surface area contributed by atoms with Gasteiger partial charge >= 0.3 is 0 Å². The lowest BCUT2D eigenvalue weighted by Crippen LogP contribution is -2.34. The van der Waals surface area contributed by atoms with Crippen molar-refractivity contribution >= 4 is 18.5 Å². The summed E-state index contributed by atoms with van der Waals surface area (Å²) in [5, 5.41) is 0. The number of carbonyl (C=O) groups excluding carboxylic acids is 1. The van der Waals surface area contributed by atoms with Gasteiger partial charge in [0.05, 0.1) is 0 Å². The summed E-state index contributed by atoms with van der Waals surface area (Å²) in [5.41, 5.74) is 1.84. The maximum Gasteiger partial charge on any atom is 0.253 e. The molecule has 1 aromatic rings. The van der Waals surface area contributed by atoms with Gasteiger partial charge in [-0.2, -0.15) is 0 Å². The lowest BCUT2D eigenvalue weighted by Gasteiger charge is -2.27. The van der Waals surface area contributed by atoms with Crippen molar-refractivity contribution in [3.63, 3.8) is 0 Å². The molecule has 17 heavy (non-hydrogen) atoms. The Morgan fingerprint density at radius 2 is 1.94 bits per heavy atom. The summed E-state index contributed by atoms with van der Waals surface area (Å²) in [4.78, 5) is 14.9. The van der Waals surface area contributed by atoms with Crippen LogP contribution in [0.5, 0.6) is 0 Å². The molecule has 0 atom stereocenters. The third kappa shape index (κ3) is 4.08. The van der Waals surface area contributed by atoms with E-state index in [0.717, 1.165) is 22.6 Å². The largest absolute Gasteiger partial charge is 0.341 e. The molecule has 0 saturated heterocycles. The topological polar surface area (TPSA) is 20.3 Å². The van der Waals surface area contributed by atoms with E-state index in [-0.39, 0.29) is 11.3 Å². The monoisotopic (exact) mass is 251 g/mol. The predicted octanol–water partition coefficient (Wildman–Crippen LogP) is 3.40. The van der Waals surface area contributed by atoms with Crippen LogP contribution in [0.1, 0.15) is 36.7 Å². The number of benzene rings is 1. The zero-order valence-electron chi connectivity index (χ0n) is 11.2. The van der Waals surface area contributed by atoms with E-state index in [9.17, 15) is 4.79 Å². The molecule has 0 fully saturated rings. The molecule has 1 amide bonds. The summed E-state index contributed by atoms with van der Waals surface area (Å²) < 4.78 is 0. The van der Waals surface area contributed by atoms with Crippen LogP contribution in [-0.2, 0) is 0 Å². The average molecular weight is 251 g/mol. The van der Waals surface area contributed by atoms with Crippen molar-refractivity contribution in [2.75, 3.05) is 13.6 Å². The van der Waals surface area contributed by atoms with Gasteiger partial charge in [-0.15, -0.1) is 12.6 Å². The molecule has 1 aromatic carbocycles. The Morgan fingerprint density at radius 3 is 2.47 bits per heavy atom. The van der Waals surface area contributed by atoms with E-state index in [0.29, 0.717) is 0 Å². The van der Waals surface area contributed by atoms with Crippen molar-refractivity contribution in [3.8, 4) is 0 Å². The van der Waals surface area contributed by atoms with Crippen LogP contribution >= 0.6 is 12.6 Å². The Balaban J connectivity index is 2.93. The van der Waals surface area contributed by atoms with Gasteiger partial charge in [0.15, 0.2) is 0 Å². The highest BCUT2D eigenvalue weighted by Gasteiger charge is 2.20. The third-order valence-electron chi connectivity index (χ3n) is 2.51. The fraction of sp³-hybridized carbons (Fsp3) is 0.500. The van der Waals surface area contributed by atoms with Crippen molar-refractivity contribution in [3.05, 3.63) is 29.3 Å². The molecule has 1 rings (SSSR count). The van der Waals surface area contributed by atoms with Gasteiger partial charge in [0.2, 0.25) is 0 Å². The van der Waals surface area contributed by atoms with Gasteiger partial charge in [0.25, 0.3) is 5.91 Å². The minimum Gasteiger partial charge on any atom is -0.341 e. The summed E-state index contributed by atoms with van der Waals surface area (Å²) in [6, 6.07) is 5.67. The second-order valence-electron chi connectivity index (χ2n) is 5.72. The van der Waals surface area contributed by atoms with Crippen LogP contribution < -0.4 is 0 Å². The van der Waals surface area contributed by atoms with Crippen molar-refractivity contribution < 1.29 is 4.79 Å². The molecule has 0 heterocycles. The van der Waals surface area contributed by atoms with E-state index in [1.165, 1.54) is 0 Å². The smallest absolute Gasteiger partial charge is 0.253 e. The van der Waals surface area contributed by atoms with Gasteiger partial charge in [-0.25, -0.2) is 0 Å². The normalized spacial score (nSPS) is 11.4. The van der Waals surface area contributed by atoms with Crippen LogP contribution in [0.15, 0.2) is 23.1 Å². The number of carbonyl (C=O) groups is 1. The number of thiol groups is 1. The van der Waals surface area contributed by atoms with Gasteiger partial charge in [-0.1, -0.05) is 26.8 Å². The van der Waals surface area contributed by atoms with E-state index in [1.807, 2.05) is 32.2 Å². The molecule has 0 aliphatic carbocycles. The van der Waals surface area contributed by atoms with E-state index in [2.05, 4.69) is 33.4 Å². The van der Waals surface area contributed by atoms with E-state index in [4.69, 9.17) is 0 Å². The molecule has 0 spiro atoms. The van der Waals surface area contributed by atoms with Crippen LogP contribution in [0.3, 0.4) is 0 Å². The van der Waals surface area contributed by atoms with Crippen molar-refractivity contribution in [2.24, 2.45) is 5.41 Å². The van der Waals surface area contributed by atoms with E-state index >= 15 is 0 Å². The molecule has 0 N–H and O–H groups in total. The lowest BCUT2D eigenvalue weighted by molar-refractivity contribution is 0.0744. The molecule has 94 valence electrons. The minimum absolute atomic E-state index is 0.0633. The molecule has 0 aliphatic rings. The van der Waals surface area contributed by atoms with Crippen LogP contribution in [0.2, 0.25) is 0 Å². The molecule has 0 saturated carbocycles. The fourth-order valence-corrected chi connectivity index (χ4v) is 2.03. The van der Waals surface area contributed by atoms with Gasteiger partial charge in [0.1, 0.15) is 0 Å². The van der Waals surface area contributed by atoms with Crippen molar-refractivity contribution in [2.45, 2.75) is 32.6 Å². The Bertz CT molecular complexity index is 421. The second-order valence-corrected chi connectivity index (χ2v) is 6.24. The Kier molecular flexibility index (Phi) is 4.26. The van der Waals surface area contributed by atoms with Crippen molar-refractivity contribution in [1.82, 2.24) is 4.90 Å². The maximum atomic E-state index is 12.3. The number of aryl methyl sites for hydroxylation is 1. The molecule has 0 unspecified atom stereocenters. The molecule has 0 bridgehead atoms. The van der Waals surface area contributed by atoms with Gasteiger partial charge in [-0.05, 0) is 30.0 Å². The summed E-state index contributed by atoms with van der Waals surface area (Å²) in [6.45, 7) is 9.06. The summed E-state index contributed by atoms with van der Waals surface area (Å²) in [5.74, 6) is 0.0633. The highest BCUT2D eigenvalue weighted by atomic mass is 32.1. The van der Waals surface area contributed by atoms with Gasteiger partial charge in [0, 0.05) is 24.1 Å². The first-order valence-corrected chi connectivity index (χ1v) is 6.20. The Morgan fingerprint density at radius 1 is 1.35 bits per heavy atom. The number of hydrogen-bond acceptors (Lipinski definition) is 2. The third-order valence-corrected chi connectivity index (χ3v) is 2.79. The van der Waals surface area contributed by atoms with Crippen LogP contribution in [-0.4, -0.2) is 24.4 Å². The van der Waals surface area contributed by atoms with Gasteiger partial charge < -0.3 is 4.90 Å². The summed E-state index contributed by atoms with van der Waals surface area (Å²) in [7, 11) is 1.85. The quantitative estimate of drug-likeness (QED) is 0.799.